The molecule has 2 N–H and O–H groups in total. The van der Waals surface area contributed by atoms with E-state index in [4.69, 9.17) is 0 Å². The number of ether oxygens (including phenoxy) is 1. The molecule has 1 aromatic heterocycles. The highest BCUT2D eigenvalue weighted by Crippen LogP contribution is 2.24. The van der Waals surface area contributed by atoms with E-state index in [1.165, 1.54) is 37.7 Å². The molecule has 0 radical (unpaired) electrons. The summed E-state index contributed by atoms with van der Waals surface area (Å²) in [6.45, 7) is 0. The molecule has 1 heterocycles. The molecule has 28 heavy (non-hydrogen) atoms. The minimum atomic E-state index is -0.776. The Hall–Kier alpha value is -3.81. The Morgan fingerprint density at radius 1 is 1.00 bits per heavy atom. The van der Waals surface area contributed by atoms with Crippen molar-refractivity contribution in [2.45, 2.75) is 0 Å². The summed E-state index contributed by atoms with van der Waals surface area (Å²) >= 11 is 0. The molecular weight excluding hydrogens is 368 g/mol. The van der Waals surface area contributed by atoms with Crippen molar-refractivity contribution in [2.24, 2.45) is 0 Å². The molecule has 0 aliphatic carbocycles. The van der Waals surface area contributed by atoms with Crippen LogP contribution in [0.3, 0.4) is 0 Å². The number of esters is 1. The molecule has 0 unspecified atom stereocenters. The molecule has 0 saturated heterocycles. The van der Waals surface area contributed by atoms with Gasteiger partial charge in [-0.2, -0.15) is 0 Å². The van der Waals surface area contributed by atoms with E-state index in [1.807, 2.05) is 0 Å². The average molecular weight is 383 g/mol. The molecule has 3 aromatic rings. The van der Waals surface area contributed by atoms with Crippen molar-refractivity contribution in [3.05, 3.63) is 83.7 Å². The van der Waals surface area contributed by atoms with Crippen molar-refractivity contribution in [1.82, 2.24) is 4.98 Å². The normalized spacial score (nSPS) is 10.2. The van der Waals surface area contributed by atoms with E-state index < -0.39 is 23.5 Å². The van der Waals surface area contributed by atoms with Crippen LogP contribution in [0, 0.1) is 11.6 Å². The predicted octanol–water partition coefficient (Wildman–Crippen LogP) is 4.14. The summed E-state index contributed by atoms with van der Waals surface area (Å²) < 4.78 is 32.3. The topological polar surface area (TPSA) is 80.3 Å². The zero-order valence-corrected chi connectivity index (χ0v) is 14.7. The predicted molar refractivity (Wildman–Crippen MR) is 99.6 cm³/mol. The standard InChI is InChI=1S/C20H15F2N3O3/c1-28-20(27)14-5-2-3-8-17(14)25-19(26)12-9-13(11-23-10-12)24-18-15(21)6-4-7-16(18)22/h2-11,24H,1H3,(H,25,26). The van der Waals surface area contributed by atoms with Crippen molar-refractivity contribution >= 4 is 28.9 Å². The number of hydrogen-bond donors (Lipinski definition) is 2. The first kappa shape index (κ1) is 19.0. The monoisotopic (exact) mass is 383 g/mol. The summed E-state index contributed by atoms with van der Waals surface area (Å²) in [7, 11) is 1.24. The number of nitrogens with zero attached hydrogens (tertiary/aromatic N) is 1. The Bertz CT molecular complexity index is 1020. The third kappa shape index (κ3) is 4.12. The molecule has 2 aromatic carbocycles. The second-order valence-electron chi connectivity index (χ2n) is 5.68. The lowest BCUT2D eigenvalue weighted by Gasteiger charge is -2.11. The van der Waals surface area contributed by atoms with Gasteiger partial charge in [-0.3, -0.25) is 9.78 Å². The van der Waals surface area contributed by atoms with Gasteiger partial charge in [-0.1, -0.05) is 18.2 Å². The van der Waals surface area contributed by atoms with Crippen LogP contribution in [0.15, 0.2) is 60.9 Å². The van der Waals surface area contributed by atoms with Gasteiger partial charge < -0.3 is 15.4 Å². The first-order valence-electron chi connectivity index (χ1n) is 8.14. The van der Waals surface area contributed by atoms with E-state index in [2.05, 4.69) is 20.4 Å². The van der Waals surface area contributed by atoms with Gasteiger partial charge in [0.25, 0.3) is 5.91 Å². The Labute approximate surface area is 159 Å². The molecule has 0 aliphatic heterocycles. The van der Waals surface area contributed by atoms with Crippen molar-refractivity contribution in [2.75, 3.05) is 17.7 Å². The van der Waals surface area contributed by atoms with Crippen LogP contribution in [0.2, 0.25) is 0 Å². The minimum absolute atomic E-state index is 0.126. The lowest BCUT2D eigenvalue weighted by molar-refractivity contribution is 0.0602. The number of anilines is 3. The molecule has 0 saturated carbocycles. The van der Waals surface area contributed by atoms with Crippen molar-refractivity contribution in [1.29, 1.82) is 0 Å². The van der Waals surface area contributed by atoms with Gasteiger partial charge in [-0.25, -0.2) is 13.6 Å². The maximum Gasteiger partial charge on any atom is 0.339 e. The van der Waals surface area contributed by atoms with E-state index in [-0.39, 0.29) is 28.2 Å². The van der Waals surface area contributed by atoms with Crippen LogP contribution in [0.25, 0.3) is 0 Å². The van der Waals surface area contributed by atoms with E-state index in [0.717, 1.165) is 12.1 Å². The number of pyridine rings is 1. The molecule has 0 spiro atoms. The van der Waals surface area contributed by atoms with Crippen LogP contribution in [0.1, 0.15) is 20.7 Å². The molecule has 0 bridgehead atoms. The number of hydrogen-bond acceptors (Lipinski definition) is 5. The van der Waals surface area contributed by atoms with Crippen molar-refractivity contribution in [3.8, 4) is 0 Å². The number of methoxy groups -OCH3 is 1. The Balaban J connectivity index is 1.83. The number of nitrogens with one attached hydrogen (secondary N) is 2. The number of para-hydroxylation sites is 2. The molecule has 1 amide bonds. The number of aromatic nitrogens is 1. The largest absolute Gasteiger partial charge is 0.465 e. The Kier molecular flexibility index (Phi) is 5.59. The second kappa shape index (κ2) is 8.26. The highest BCUT2D eigenvalue weighted by atomic mass is 19.1. The Morgan fingerprint density at radius 3 is 2.43 bits per heavy atom. The van der Waals surface area contributed by atoms with Crippen LogP contribution in [-0.4, -0.2) is 24.0 Å². The summed E-state index contributed by atoms with van der Waals surface area (Å²) in [5, 5.41) is 5.17. The van der Waals surface area contributed by atoms with Gasteiger partial charge in [0.1, 0.15) is 17.3 Å². The number of benzene rings is 2. The third-order valence-electron chi connectivity index (χ3n) is 3.81. The highest BCUT2D eigenvalue weighted by Gasteiger charge is 2.15. The maximum atomic E-state index is 13.8. The van der Waals surface area contributed by atoms with E-state index in [0.29, 0.717) is 0 Å². The minimum Gasteiger partial charge on any atom is -0.465 e. The van der Waals surface area contributed by atoms with Crippen LogP contribution >= 0.6 is 0 Å². The molecule has 0 atom stereocenters. The lowest BCUT2D eigenvalue weighted by Crippen LogP contribution is -2.15. The van der Waals surface area contributed by atoms with Crippen LogP contribution in [0.4, 0.5) is 25.8 Å². The van der Waals surface area contributed by atoms with Gasteiger partial charge in [0.2, 0.25) is 0 Å². The fourth-order valence-corrected chi connectivity index (χ4v) is 2.47. The average Bonchev–Trinajstić information content (AvgIpc) is 2.71. The number of amides is 1. The zero-order chi connectivity index (χ0) is 20.1. The summed E-state index contributed by atoms with van der Waals surface area (Å²) in [6, 6.07) is 11.2. The summed E-state index contributed by atoms with van der Waals surface area (Å²) in [6.07, 6.45) is 2.62. The number of carbonyl (C=O) groups is 2. The number of rotatable bonds is 5. The van der Waals surface area contributed by atoms with Gasteiger partial charge in [0.15, 0.2) is 0 Å². The maximum absolute atomic E-state index is 13.8. The van der Waals surface area contributed by atoms with E-state index >= 15 is 0 Å². The molecule has 0 aliphatic rings. The van der Waals surface area contributed by atoms with Gasteiger partial charge >= 0.3 is 5.97 Å². The van der Waals surface area contributed by atoms with Crippen LogP contribution in [-0.2, 0) is 4.74 Å². The fourth-order valence-electron chi connectivity index (χ4n) is 2.47. The quantitative estimate of drug-likeness (QED) is 0.647. The van der Waals surface area contributed by atoms with Crippen molar-refractivity contribution in [3.63, 3.8) is 0 Å². The molecule has 6 nitrogen and oxygen atoms in total. The van der Waals surface area contributed by atoms with Gasteiger partial charge in [0, 0.05) is 6.20 Å². The summed E-state index contributed by atoms with van der Waals surface area (Å²) in [5.74, 6) is -2.70. The summed E-state index contributed by atoms with van der Waals surface area (Å²) in [4.78, 5) is 28.3. The number of halogens is 2. The van der Waals surface area contributed by atoms with Crippen LogP contribution < -0.4 is 10.6 Å². The second-order valence-corrected chi connectivity index (χ2v) is 5.68. The fraction of sp³-hybridized carbons (Fsp3) is 0.0500. The smallest absolute Gasteiger partial charge is 0.339 e. The van der Waals surface area contributed by atoms with E-state index in [9.17, 15) is 18.4 Å². The lowest BCUT2D eigenvalue weighted by atomic mass is 10.1. The summed E-state index contributed by atoms with van der Waals surface area (Å²) in [5.41, 5.74) is 0.448. The molecule has 3 rings (SSSR count). The Morgan fingerprint density at radius 2 is 1.71 bits per heavy atom. The van der Waals surface area contributed by atoms with Crippen molar-refractivity contribution < 1.29 is 23.1 Å². The SMILES string of the molecule is COC(=O)c1ccccc1NC(=O)c1cncc(Nc2c(F)cccc2F)c1. The van der Waals surface area contributed by atoms with E-state index in [1.54, 1.807) is 18.2 Å². The first-order chi connectivity index (χ1) is 13.5. The number of carbonyl (C=O) groups excluding carboxylic acids is 2. The first-order valence-corrected chi connectivity index (χ1v) is 8.14. The molecule has 142 valence electrons. The molecule has 8 heteroatoms. The van der Waals surface area contributed by atoms with Gasteiger partial charge in [-0.05, 0) is 30.3 Å². The zero-order valence-electron chi connectivity index (χ0n) is 14.7. The molecular formula is C20H15F2N3O3. The van der Waals surface area contributed by atoms with Gasteiger partial charge in [-0.15, -0.1) is 0 Å². The van der Waals surface area contributed by atoms with Gasteiger partial charge in [0.05, 0.1) is 35.8 Å². The highest BCUT2D eigenvalue weighted by molar-refractivity contribution is 6.08. The molecule has 0 fully saturated rings. The van der Waals surface area contributed by atoms with Crippen LogP contribution in [0.5, 0.6) is 0 Å². The third-order valence-corrected chi connectivity index (χ3v) is 3.81.